The molecule has 0 radical (unpaired) electrons. The van der Waals surface area contributed by atoms with Crippen molar-refractivity contribution in [2.75, 3.05) is 36.4 Å². The molecule has 1 aliphatic heterocycles. The fraction of sp³-hybridized carbons (Fsp3) is 0.412. The number of hydrogen-bond donors (Lipinski definition) is 3. The van der Waals surface area contributed by atoms with E-state index in [9.17, 15) is 9.90 Å². The molecule has 0 saturated carbocycles. The molecule has 1 saturated heterocycles. The molecule has 3 rings (SSSR count). The van der Waals surface area contributed by atoms with E-state index in [1.165, 1.54) is 4.90 Å². The Bertz CT molecular complexity index is 690. The van der Waals surface area contributed by atoms with Crippen LogP contribution in [0.2, 0.25) is 0 Å². The van der Waals surface area contributed by atoms with Gasteiger partial charge in [-0.3, -0.25) is 4.79 Å². The molecule has 0 unspecified atom stereocenters. The van der Waals surface area contributed by atoms with Crippen LogP contribution in [0.1, 0.15) is 12.7 Å². The second-order valence-electron chi connectivity index (χ2n) is 6.20. The summed E-state index contributed by atoms with van der Waals surface area (Å²) in [4.78, 5) is 15.9. The molecule has 7 nitrogen and oxygen atoms in total. The van der Waals surface area contributed by atoms with E-state index in [2.05, 4.69) is 15.4 Å². The van der Waals surface area contributed by atoms with Gasteiger partial charge in [-0.05, 0) is 38.1 Å². The predicted octanol–water partition coefficient (Wildman–Crippen LogP) is 0.421. The average molecular weight is 331 g/mol. The highest BCUT2D eigenvalue weighted by molar-refractivity contribution is 5.92. The van der Waals surface area contributed by atoms with Gasteiger partial charge in [0.25, 0.3) is 5.91 Å². The van der Waals surface area contributed by atoms with Gasteiger partial charge in [0.05, 0.1) is 26.2 Å². The van der Waals surface area contributed by atoms with Crippen molar-refractivity contribution in [1.29, 1.82) is 0 Å². The lowest BCUT2D eigenvalue weighted by Gasteiger charge is -2.35. The SMILES string of the molecule is Cc1cc(NC(=O)[C@@H](C)[NH+]2CCN(c3ccc(O)cc3)CC2)no1. The molecule has 2 aromatic rings. The van der Waals surface area contributed by atoms with E-state index in [1.807, 2.05) is 19.1 Å². The Balaban J connectivity index is 1.53. The van der Waals surface area contributed by atoms with Crippen LogP contribution in [0.25, 0.3) is 0 Å². The zero-order chi connectivity index (χ0) is 17.1. The molecule has 1 amide bonds. The number of nitrogens with one attached hydrogen (secondary N) is 2. The summed E-state index contributed by atoms with van der Waals surface area (Å²) in [7, 11) is 0. The number of amides is 1. The molecular formula is C17H23N4O3+. The fourth-order valence-corrected chi connectivity index (χ4v) is 2.99. The summed E-state index contributed by atoms with van der Waals surface area (Å²) in [5.74, 6) is 1.37. The summed E-state index contributed by atoms with van der Waals surface area (Å²) in [5, 5.41) is 16.0. The molecule has 1 aromatic heterocycles. The molecule has 1 atom stereocenters. The van der Waals surface area contributed by atoms with Gasteiger partial charge in [0.1, 0.15) is 11.5 Å². The quantitative estimate of drug-likeness (QED) is 0.756. The van der Waals surface area contributed by atoms with E-state index in [0.29, 0.717) is 11.6 Å². The Kier molecular flexibility index (Phi) is 4.71. The van der Waals surface area contributed by atoms with Gasteiger partial charge in [0, 0.05) is 11.8 Å². The third-order valence-electron chi connectivity index (χ3n) is 4.51. The second kappa shape index (κ2) is 6.92. The van der Waals surface area contributed by atoms with Crippen LogP contribution in [0.4, 0.5) is 11.5 Å². The number of carbonyl (C=O) groups excluding carboxylic acids is 1. The number of carbonyl (C=O) groups is 1. The summed E-state index contributed by atoms with van der Waals surface area (Å²) >= 11 is 0. The van der Waals surface area contributed by atoms with Crippen molar-refractivity contribution < 1.29 is 19.3 Å². The van der Waals surface area contributed by atoms with Crippen molar-refractivity contribution >= 4 is 17.4 Å². The Morgan fingerprint density at radius 1 is 1.33 bits per heavy atom. The largest absolute Gasteiger partial charge is 0.508 e. The second-order valence-corrected chi connectivity index (χ2v) is 6.20. The van der Waals surface area contributed by atoms with E-state index in [1.54, 1.807) is 25.1 Å². The van der Waals surface area contributed by atoms with Crippen molar-refractivity contribution in [1.82, 2.24) is 5.16 Å². The molecule has 7 heteroatoms. The van der Waals surface area contributed by atoms with Crippen molar-refractivity contribution in [3.63, 3.8) is 0 Å². The van der Waals surface area contributed by atoms with Crippen LogP contribution >= 0.6 is 0 Å². The zero-order valence-corrected chi connectivity index (χ0v) is 14.0. The molecular weight excluding hydrogens is 308 g/mol. The highest BCUT2D eigenvalue weighted by Gasteiger charge is 2.29. The van der Waals surface area contributed by atoms with Gasteiger partial charge >= 0.3 is 0 Å². The van der Waals surface area contributed by atoms with Gasteiger partial charge in [-0.25, -0.2) is 0 Å². The van der Waals surface area contributed by atoms with Crippen LogP contribution in [0.15, 0.2) is 34.9 Å². The monoisotopic (exact) mass is 331 g/mol. The number of piperazine rings is 1. The maximum Gasteiger partial charge on any atom is 0.283 e. The van der Waals surface area contributed by atoms with Gasteiger partial charge in [-0.1, -0.05) is 5.16 Å². The minimum atomic E-state index is -0.149. The first-order chi connectivity index (χ1) is 11.5. The number of aryl methyl sites for hydroxylation is 1. The highest BCUT2D eigenvalue weighted by atomic mass is 16.5. The molecule has 1 aliphatic rings. The normalized spacial score (nSPS) is 16.8. The van der Waals surface area contributed by atoms with Gasteiger partial charge in [-0.2, -0.15) is 0 Å². The topological polar surface area (TPSA) is 83.0 Å². The summed E-state index contributed by atoms with van der Waals surface area (Å²) in [6, 6.07) is 8.80. The lowest BCUT2D eigenvalue weighted by atomic mass is 10.2. The minimum absolute atomic E-state index is 0.0450. The number of phenolic OH excluding ortho intramolecular Hbond substituents is 1. The third-order valence-corrected chi connectivity index (χ3v) is 4.51. The number of rotatable bonds is 4. The maximum absolute atomic E-state index is 12.4. The zero-order valence-electron chi connectivity index (χ0n) is 14.0. The Morgan fingerprint density at radius 3 is 2.58 bits per heavy atom. The van der Waals surface area contributed by atoms with Crippen LogP contribution in [0.5, 0.6) is 5.75 Å². The first-order valence-electron chi connectivity index (χ1n) is 8.15. The maximum atomic E-state index is 12.4. The van der Waals surface area contributed by atoms with Gasteiger partial charge in [-0.15, -0.1) is 0 Å². The van der Waals surface area contributed by atoms with Crippen molar-refractivity contribution in [3.05, 3.63) is 36.1 Å². The van der Waals surface area contributed by atoms with Crippen molar-refractivity contribution in [2.45, 2.75) is 19.9 Å². The summed E-state index contributed by atoms with van der Waals surface area (Å²) in [5.41, 5.74) is 1.10. The van der Waals surface area contributed by atoms with E-state index in [0.717, 1.165) is 31.9 Å². The summed E-state index contributed by atoms with van der Waals surface area (Å²) in [6.45, 7) is 7.25. The van der Waals surface area contributed by atoms with E-state index < -0.39 is 0 Å². The Morgan fingerprint density at radius 2 is 2.00 bits per heavy atom. The lowest BCUT2D eigenvalue weighted by molar-refractivity contribution is -0.914. The summed E-state index contributed by atoms with van der Waals surface area (Å²) < 4.78 is 4.97. The number of aromatic nitrogens is 1. The fourth-order valence-electron chi connectivity index (χ4n) is 2.99. The van der Waals surface area contributed by atoms with E-state index in [-0.39, 0.29) is 17.7 Å². The smallest absolute Gasteiger partial charge is 0.283 e. The molecule has 0 spiro atoms. The van der Waals surface area contributed by atoms with Crippen LogP contribution in [0.3, 0.4) is 0 Å². The van der Waals surface area contributed by atoms with Crippen LogP contribution in [0, 0.1) is 6.92 Å². The summed E-state index contributed by atoms with van der Waals surface area (Å²) in [6.07, 6.45) is 0. The number of aromatic hydroxyl groups is 1. The highest BCUT2D eigenvalue weighted by Crippen LogP contribution is 2.18. The van der Waals surface area contributed by atoms with E-state index in [4.69, 9.17) is 4.52 Å². The standard InChI is InChI=1S/C17H22N4O3/c1-12-11-16(19-24-12)18-17(23)13(2)20-7-9-21(10-8-20)14-3-5-15(22)6-4-14/h3-6,11,13,22H,7-10H2,1-2H3,(H,18,19,23)/p+1/t13-/m1/s1. The molecule has 1 aromatic carbocycles. The number of benzene rings is 1. The van der Waals surface area contributed by atoms with Crippen molar-refractivity contribution in [2.24, 2.45) is 0 Å². The molecule has 0 aliphatic carbocycles. The molecule has 3 N–H and O–H groups in total. The van der Waals surface area contributed by atoms with Crippen LogP contribution in [-0.2, 0) is 4.79 Å². The number of quaternary nitrogens is 1. The van der Waals surface area contributed by atoms with E-state index >= 15 is 0 Å². The number of nitrogens with zero attached hydrogens (tertiary/aromatic N) is 2. The molecule has 0 bridgehead atoms. The molecule has 2 heterocycles. The average Bonchev–Trinajstić information content (AvgIpc) is 3.00. The van der Waals surface area contributed by atoms with Gasteiger partial charge < -0.3 is 24.7 Å². The first kappa shape index (κ1) is 16.3. The first-order valence-corrected chi connectivity index (χ1v) is 8.15. The third kappa shape index (κ3) is 3.68. The van der Waals surface area contributed by atoms with Crippen molar-refractivity contribution in [3.8, 4) is 5.75 Å². The predicted molar refractivity (Wildman–Crippen MR) is 90.3 cm³/mol. The molecule has 128 valence electrons. The Labute approximate surface area is 140 Å². The minimum Gasteiger partial charge on any atom is -0.508 e. The number of hydrogen-bond acceptors (Lipinski definition) is 5. The van der Waals surface area contributed by atoms with Gasteiger partial charge in [0.2, 0.25) is 0 Å². The Hall–Kier alpha value is -2.54. The van der Waals surface area contributed by atoms with Crippen LogP contribution < -0.4 is 15.1 Å². The number of anilines is 2. The molecule has 24 heavy (non-hydrogen) atoms. The van der Waals surface area contributed by atoms with Crippen LogP contribution in [-0.4, -0.2) is 48.4 Å². The van der Waals surface area contributed by atoms with Gasteiger partial charge in [0.15, 0.2) is 11.9 Å². The molecule has 1 fully saturated rings. The lowest BCUT2D eigenvalue weighted by Crippen LogP contribution is -3.19. The number of phenols is 1.